The van der Waals surface area contributed by atoms with Gasteiger partial charge in [0.15, 0.2) is 0 Å². The summed E-state index contributed by atoms with van der Waals surface area (Å²) in [6.45, 7) is 2.49. The van der Waals surface area contributed by atoms with E-state index in [1.54, 1.807) is 14.2 Å². The van der Waals surface area contributed by atoms with E-state index in [4.69, 9.17) is 15.2 Å². The van der Waals surface area contributed by atoms with E-state index >= 15 is 0 Å². The molecule has 0 saturated carbocycles. The number of nitrogens with zero attached hydrogens (tertiary/aromatic N) is 1. The van der Waals surface area contributed by atoms with Crippen molar-refractivity contribution in [3.8, 4) is 0 Å². The molecular weight excluding hydrogens is 184 g/mol. The summed E-state index contributed by atoms with van der Waals surface area (Å²) in [6.07, 6.45) is -0.252. The Balaban J connectivity index is 2.37. The molecule has 3 atom stereocenters. The SMILES string of the molecule is COC1CN(CC(O)CN)CC1OC. The van der Waals surface area contributed by atoms with Crippen LogP contribution in [0.4, 0.5) is 0 Å². The number of aliphatic hydroxyl groups is 1. The topological polar surface area (TPSA) is 68.0 Å². The molecule has 1 aliphatic heterocycles. The van der Waals surface area contributed by atoms with Gasteiger partial charge in [0, 0.05) is 40.4 Å². The van der Waals surface area contributed by atoms with Gasteiger partial charge in [0.1, 0.15) is 0 Å². The van der Waals surface area contributed by atoms with Crippen LogP contribution in [-0.4, -0.2) is 68.7 Å². The first-order chi connectivity index (χ1) is 6.71. The number of methoxy groups -OCH3 is 2. The molecule has 3 N–H and O–H groups in total. The molecule has 0 amide bonds. The van der Waals surface area contributed by atoms with E-state index in [1.807, 2.05) is 0 Å². The second-order valence-corrected chi connectivity index (χ2v) is 3.66. The van der Waals surface area contributed by atoms with Crippen molar-refractivity contribution in [3.05, 3.63) is 0 Å². The second kappa shape index (κ2) is 5.63. The Hall–Kier alpha value is -0.200. The maximum atomic E-state index is 9.39. The highest BCUT2D eigenvalue weighted by atomic mass is 16.5. The average Bonchev–Trinajstić information content (AvgIpc) is 2.59. The number of nitrogens with two attached hydrogens (primary N) is 1. The maximum absolute atomic E-state index is 9.39. The maximum Gasteiger partial charge on any atom is 0.0971 e. The third kappa shape index (κ3) is 2.90. The van der Waals surface area contributed by atoms with Gasteiger partial charge in [0.25, 0.3) is 0 Å². The second-order valence-electron chi connectivity index (χ2n) is 3.66. The van der Waals surface area contributed by atoms with Crippen molar-refractivity contribution in [2.75, 3.05) is 40.4 Å². The van der Waals surface area contributed by atoms with Crippen molar-refractivity contribution in [1.82, 2.24) is 4.90 Å². The van der Waals surface area contributed by atoms with Gasteiger partial charge in [0.2, 0.25) is 0 Å². The number of aliphatic hydroxyl groups excluding tert-OH is 1. The van der Waals surface area contributed by atoms with Gasteiger partial charge in [-0.15, -0.1) is 0 Å². The van der Waals surface area contributed by atoms with E-state index in [2.05, 4.69) is 4.90 Å². The first-order valence-electron chi connectivity index (χ1n) is 4.87. The number of hydrogen-bond donors (Lipinski definition) is 2. The molecule has 0 aromatic heterocycles. The van der Waals surface area contributed by atoms with Crippen molar-refractivity contribution in [3.63, 3.8) is 0 Å². The van der Waals surface area contributed by atoms with Gasteiger partial charge < -0.3 is 20.3 Å². The first kappa shape index (κ1) is 11.9. The quantitative estimate of drug-likeness (QED) is 0.579. The van der Waals surface area contributed by atoms with Crippen LogP contribution >= 0.6 is 0 Å². The van der Waals surface area contributed by atoms with Crippen LogP contribution in [0.2, 0.25) is 0 Å². The predicted molar refractivity (Wildman–Crippen MR) is 53.1 cm³/mol. The van der Waals surface area contributed by atoms with Crippen LogP contribution in [0.25, 0.3) is 0 Å². The van der Waals surface area contributed by atoms with Crippen LogP contribution in [0, 0.1) is 0 Å². The molecule has 1 aliphatic rings. The van der Waals surface area contributed by atoms with Crippen LogP contribution < -0.4 is 5.73 Å². The summed E-state index contributed by atoms with van der Waals surface area (Å²) in [6, 6.07) is 0. The fourth-order valence-corrected chi connectivity index (χ4v) is 1.79. The molecule has 1 rings (SSSR count). The minimum atomic E-state index is -0.455. The highest BCUT2D eigenvalue weighted by molar-refractivity contribution is 4.86. The first-order valence-corrected chi connectivity index (χ1v) is 4.87. The summed E-state index contributed by atoms with van der Waals surface area (Å²) in [4.78, 5) is 2.11. The Morgan fingerprint density at radius 3 is 2.21 bits per heavy atom. The molecule has 5 nitrogen and oxygen atoms in total. The highest BCUT2D eigenvalue weighted by Gasteiger charge is 2.33. The molecule has 0 aromatic rings. The lowest BCUT2D eigenvalue weighted by Gasteiger charge is -2.18. The number of rotatable bonds is 5. The standard InChI is InChI=1S/C9H20N2O3/c1-13-8-5-11(4-7(12)3-10)6-9(8)14-2/h7-9,12H,3-6,10H2,1-2H3. The van der Waals surface area contributed by atoms with Crippen LogP contribution in [0.1, 0.15) is 0 Å². The van der Waals surface area contributed by atoms with Gasteiger partial charge in [-0.25, -0.2) is 0 Å². The molecule has 0 aromatic carbocycles. The highest BCUT2D eigenvalue weighted by Crippen LogP contribution is 2.15. The number of ether oxygens (including phenoxy) is 2. The summed E-state index contributed by atoms with van der Waals surface area (Å²) in [5.74, 6) is 0. The lowest BCUT2D eigenvalue weighted by atomic mass is 10.3. The zero-order valence-corrected chi connectivity index (χ0v) is 8.85. The summed E-state index contributed by atoms with van der Waals surface area (Å²) in [5, 5.41) is 9.39. The Labute approximate surface area is 84.8 Å². The normalized spacial score (nSPS) is 30.9. The molecule has 84 valence electrons. The lowest BCUT2D eigenvalue weighted by Crippen LogP contribution is -2.35. The fraction of sp³-hybridized carbons (Fsp3) is 1.00. The van der Waals surface area contributed by atoms with E-state index in [0.717, 1.165) is 13.1 Å². The summed E-state index contributed by atoms with van der Waals surface area (Å²) in [7, 11) is 3.36. The molecule has 5 heteroatoms. The molecule has 0 aliphatic carbocycles. The number of likely N-dealkylation sites (tertiary alicyclic amines) is 1. The molecular formula is C9H20N2O3. The Kier molecular flexibility index (Phi) is 4.77. The van der Waals surface area contributed by atoms with Gasteiger partial charge in [0.05, 0.1) is 18.3 Å². The molecule has 14 heavy (non-hydrogen) atoms. The summed E-state index contributed by atoms with van der Waals surface area (Å²) >= 11 is 0. The summed E-state index contributed by atoms with van der Waals surface area (Å²) < 4.78 is 10.6. The van der Waals surface area contributed by atoms with Crippen LogP contribution in [-0.2, 0) is 9.47 Å². The minimum absolute atomic E-state index is 0.102. The van der Waals surface area contributed by atoms with E-state index in [1.165, 1.54) is 0 Å². The largest absolute Gasteiger partial charge is 0.390 e. The molecule has 0 radical (unpaired) electrons. The van der Waals surface area contributed by atoms with Crippen molar-refractivity contribution in [1.29, 1.82) is 0 Å². The Morgan fingerprint density at radius 2 is 1.86 bits per heavy atom. The smallest absolute Gasteiger partial charge is 0.0971 e. The molecule has 0 spiro atoms. The lowest BCUT2D eigenvalue weighted by molar-refractivity contribution is -0.00461. The van der Waals surface area contributed by atoms with E-state index < -0.39 is 6.10 Å². The van der Waals surface area contributed by atoms with Crippen molar-refractivity contribution in [2.24, 2.45) is 5.73 Å². The van der Waals surface area contributed by atoms with Gasteiger partial charge in [-0.1, -0.05) is 0 Å². The Morgan fingerprint density at radius 1 is 1.36 bits per heavy atom. The van der Waals surface area contributed by atoms with Crippen LogP contribution in [0.5, 0.6) is 0 Å². The molecule has 3 unspecified atom stereocenters. The monoisotopic (exact) mass is 204 g/mol. The van der Waals surface area contributed by atoms with Crippen LogP contribution in [0.15, 0.2) is 0 Å². The van der Waals surface area contributed by atoms with Gasteiger partial charge in [-0.3, -0.25) is 4.90 Å². The van der Waals surface area contributed by atoms with Gasteiger partial charge in [-0.05, 0) is 0 Å². The third-order valence-electron chi connectivity index (χ3n) is 2.64. The van der Waals surface area contributed by atoms with E-state index in [9.17, 15) is 5.11 Å². The minimum Gasteiger partial charge on any atom is -0.390 e. The van der Waals surface area contributed by atoms with Gasteiger partial charge >= 0.3 is 0 Å². The zero-order valence-electron chi connectivity index (χ0n) is 8.85. The molecule has 1 saturated heterocycles. The zero-order chi connectivity index (χ0) is 10.6. The van der Waals surface area contributed by atoms with Crippen LogP contribution in [0.3, 0.4) is 0 Å². The summed E-state index contributed by atoms with van der Waals surface area (Å²) in [5.41, 5.74) is 5.35. The molecule has 0 bridgehead atoms. The number of hydrogen-bond acceptors (Lipinski definition) is 5. The van der Waals surface area contributed by atoms with Crippen molar-refractivity contribution in [2.45, 2.75) is 18.3 Å². The third-order valence-corrected chi connectivity index (χ3v) is 2.64. The Bertz CT molecular complexity index is 156. The van der Waals surface area contributed by atoms with Crippen molar-refractivity contribution < 1.29 is 14.6 Å². The molecule has 1 heterocycles. The van der Waals surface area contributed by atoms with Gasteiger partial charge in [-0.2, -0.15) is 0 Å². The van der Waals surface area contributed by atoms with E-state index in [0.29, 0.717) is 13.1 Å². The average molecular weight is 204 g/mol. The number of β-amino-alcohol motifs (C(OH)–C–C–N with tert-alkyl or cyclic N) is 1. The predicted octanol–water partition coefficient (Wildman–Crippen LogP) is -1.35. The van der Waals surface area contributed by atoms with E-state index in [-0.39, 0.29) is 12.2 Å². The fourth-order valence-electron chi connectivity index (χ4n) is 1.79. The molecule has 1 fully saturated rings. The van der Waals surface area contributed by atoms with Crippen molar-refractivity contribution >= 4 is 0 Å².